The summed E-state index contributed by atoms with van der Waals surface area (Å²) in [6.07, 6.45) is 35.5. The normalized spacial score (nSPS) is 12.5. The van der Waals surface area contributed by atoms with Gasteiger partial charge in [0.2, 0.25) is 0 Å². The van der Waals surface area contributed by atoms with Gasteiger partial charge in [-0.15, -0.1) is 0 Å². The second-order valence-corrected chi connectivity index (χ2v) is 13.9. The van der Waals surface area contributed by atoms with Gasteiger partial charge in [0.1, 0.15) is 0 Å². The molecule has 2 N–H and O–H groups in total. The van der Waals surface area contributed by atoms with Crippen molar-refractivity contribution < 1.29 is 36.0 Å². The first kappa shape index (κ1) is 50.9. The van der Waals surface area contributed by atoms with Crippen LogP contribution >= 0.6 is 0 Å². The maximum atomic E-state index is 9.48. The van der Waals surface area contributed by atoms with Crippen molar-refractivity contribution in [1.82, 2.24) is 4.90 Å². The molecule has 280 valence electrons. The van der Waals surface area contributed by atoms with Crippen molar-refractivity contribution in [3.63, 3.8) is 0 Å². The molecular weight excluding hydrogens is 738 g/mol. The molecule has 2 atom stereocenters. The third-order valence-corrected chi connectivity index (χ3v) is 9.17. The van der Waals surface area contributed by atoms with Crippen LogP contribution in [0.4, 0.5) is 0 Å². The van der Waals surface area contributed by atoms with Crippen LogP contribution in [0.1, 0.15) is 207 Å². The number of ether oxygens (including phenoxy) is 1. The molecule has 0 aliphatic rings. The predicted octanol–water partition coefficient (Wildman–Crippen LogP) is 12.1. The van der Waals surface area contributed by atoms with Crippen molar-refractivity contribution in [2.45, 2.75) is 214 Å². The van der Waals surface area contributed by atoms with Crippen LogP contribution in [-0.2, 0) is 25.8 Å². The molecule has 0 aliphatic carbocycles. The van der Waals surface area contributed by atoms with Crippen molar-refractivity contribution >= 4 is 0 Å². The number of aliphatic hydroxyl groups is 2. The maximum absolute atomic E-state index is 9.48. The van der Waals surface area contributed by atoms with Gasteiger partial charge in [0.05, 0.1) is 6.10 Å². The van der Waals surface area contributed by atoms with Gasteiger partial charge >= 0.3 is 0 Å². The van der Waals surface area contributed by atoms with Gasteiger partial charge in [-0.05, 0) is 70.4 Å². The molecule has 0 amide bonds. The van der Waals surface area contributed by atoms with Gasteiger partial charge in [0.25, 0.3) is 0 Å². The smallest absolute Gasteiger partial charge is 0.0540 e. The molecule has 0 fully saturated rings. The first-order valence-electron chi connectivity index (χ1n) is 20.5. The van der Waals surface area contributed by atoms with Gasteiger partial charge in [0, 0.05) is 47.4 Å². The Balaban J connectivity index is -0.00000120. The fourth-order valence-corrected chi connectivity index (χ4v) is 6.13. The van der Waals surface area contributed by atoms with Crippen LogP contribution in [0.2, 0.25) is 0 Å². The number of aliphatic hydroxyl groups excluding tert-OH is 2. The molecule has 0 saturated carbocycles. The zero-order chi connectivity index (χ0) is 33.5. The van der Waals surface area contributed by atoms with Gasteiger partial charge in [-0.3, -0.25) is 0 Å². The number of hydrogen-bond donors (Lipinski definition) is 2. The van der Waals surface area contributed by atoms with Crippen LogP contribution in [0.5, 0.6) is 0 Å². The van der Waals surface area contributed by atoms with E-state index >= 15 is 0 Å². The average Bonchev–Trinajstić information content (AvgIpc) is 3.05. The third-order valence-electron chi connectivity index (χ3n) is 9.17. The summed E-state index contributed by atoms with van der Waals surface area (Å²) < 4.78 is 5.99. The summed E-state index contributed by atoms with van der Waals surface area (Å²) >= 11 is 0. The second-order valence-electron chi connectivity index (χ2n) is 13.9. The third kappa shape index (κ3) is 42.6. The summed E-state index contributed by atoms with van der Waals surface area (Å²) in [5, 5.41) is 18.7. The molecule has 0 spiro atoms. The second kappa shape index (κ2) is 45.5. The van der Waals surface area contributed by atoms with E-state index in [2.05, 4.69) is 39.5 Å². The summed E-state index contributed by atoms with van der Waals surface area (Å²) in [4.78, 5) is 2.59. The van der Waals surface area contributed by atoms with E-state index in [0.29, 0.717) is 6.61 Å². The average molecular weight is 825 g/mol. The van der Waals surface area contributed by atoms with Gasteiger partial charge in [-0.25, -0.2) is 0 Å². The Bertz CT molecular complexity index is 510. The zero-order valence-corrected chi connectivity index (χ0v) is 35.0. The quantitative estimate of drug-likeness (QED) is 0.0488. The Morgan fingerprint density at radius 3 is 1.54 bits per heavy atom. The molecular formula is C41H86NO3W-. The van der Waals surface area contributed by atoms with E-state index in [1.807, 2.05) is 0 Å². The van der Waals surface area contributed by atoms with E-state index in [1.54, 1.807) is 0 Å². The summed E-state index contributed by atoms with van der Waals surface area (Å²) in [7, 11) is 0. The van der Waals surface area contributed by atoms with Crippen LogP contribution in [0.25, 0.3) is 0 Å². The molecule has 0 saturated heterocycles. The van der Waals surface area contributed by atoms with Crippen molar-refractivity contribution in [2.75, 3.05) is 39.5 Å². The van der Waals surface area contributed by atoms with Crippen molar-refractivity contribution in [3.05, 3.63) is 6.92 Å². The van der Waals surface area contributed by atoms with Crippen molar-refractivity contribution in [3.8, 4) is 0 Å². The van der Waals surface area contributed by atoms with E-state index in [1.165, 1.54) is 167 Å². The Labute approximate surface area is 305 Å². The minimum atomic E-state index is -0.0261. The maximum Gasteiger partial charge on any atom is 0.0540 e. The van der Waals surface area contributed by atoms with E-state index in [-0.39, 0.29) is 27.2 Å². The first-order chi connectivity index (χ1) is 22.1. The van der Waals surface area contributed by atoms with Crippen LogP contribution in [0, 0.1) is 12.8 Å². The molecule has 0 radical (unpaired) electrons. The molecule has 46 heavy (non-hydrogen) atoms. The Morgan fingerprint density at radius 1 is 0.522 bits per heavy atom. The molecule has 0 aliphatic heterocycles. The van der Waals surface area contributed by atoms with Crippen LogP contribution < -0.4 is 0 Å². The fraction of sp³-hybridized carbons (Fsp3) is 0.976. The van der Waals surface area contributed by atoms with Crippen LogP contribution in [-0.4, -0.2) is 60.7 Å². The van der Waals surface area contributed by atoms with Crippen molar-refractivity contribution in [1.29, 1.82) is 0 Å². The molecule has 2 unspecified atom stereocenters. The van der Waals surface area contributed by atoms with E-state index in [9.17, 15) is 10.2 Å². The number of nitrogens with zero attached hydrogens (tertiary/aromatic N) is 1. The number of hydrogen-bond acceptors (Lipinski definition) is 4. The minimum absolute atomic E-state index is 0. The molecule has 0 aromatic heterocycles. The largest absolute Gasteiger partial charge is 0.396 e. The SMILES string of the molecule is CCCCCCC(O)CCCC.[CH2-]CCCCCCCCN(CCCO)CCCCCCCCCOCC(CCC)CCCC.[W]. The van der Waals surface area contributed by atoms with Crippen molar-refractivity contribution in [2.24, 2.45) is 5.92 Å². The topological polar surface area (TPSA) is 52.9 Å². The van der Waals surface area contributed by atoms with Crippen LogP contribution in [0.15, 0.2) is 0 Å². The molecule has 0 aromatic carbocycles. The van der Waals surface area contributed by atoms with E-state index in [4.69, 9.17) is 4.74 Å². The monoisotopic (exact) mass is 825 g/mol. The summed E-state index contributed by atoms with van der Waals surface area (Å²) in [5.74, 6) is 0.787. The zero-order valence-electron chi connectivity index (χ0n) is 32.1. The first-order valence-corrected chi connectivity index (χ1v) is 20.5. The number of rotatable bonds is 36. The van der Waals surface area contributed by atoms with Gasteiger partial charge < -0.3 is 26.8 Å². The molecule has 4 nitrogen and oxygen atoms in total. The Morgan fingerprint density at radius 2 is 1.00 bits per heavy atom. The minimum Gasteiger partial charge on any atom is -0.396 e. The summed E-state index contributed by atoms with van der Waals surface area (Å²) in [5.41, 5.74) is 0. The molecule has 0 bridgehead atoms. The Hall–Kier alpha value is 0.528. The standard InChI is InChI=1S/C30H62NO2.C11H24O.W/c1-4-7-9-10-12-15-18-24-31(26-21-27-32)25-19-16-13-11-14-17-20-28-33-29-30(22-6-3)23-8-5-2;1-3-5-7-8-10-11(12)9-6-4-2;/h30,32H,1,4-29H2,2-3H3;11-12H,3-10H2,1-2H3;/q-1;;. The predicted molar refractivity (Wildman–Crippen MR) is 201 cm³/mol. The molecule has 5 heteroatoms. The summed E-state index contributed by atoms with van der Waals surface area (Å²) in [6, 6.07) is 0. The molecule has 0 heterocycles. The van der Waals surface area contributed by atoms with E-state index < -0.39 is 0 Å². The van der Waals surface area contributed by atoms with Gasteiger partial charge in [0.15, 0.2) is 0 Å². The molecule has 0 aromatic rings. The van der Waals surface area contributed by atoms with E-state index in [0.717, 1.165) is 51.4 Å². The van der Waals surface area contributed by atoms with Crippen LogP contribution in [0.3, 0.4) is 0 Å². The number of unbranched alkanes of at least 4 members (excludes halogenated alkanes) is 17. The fourth-order valence-electron chi connectivity index (χ4n) is 6.13. The van der Waals surface area contributed by atoms with Gasteiger partial charge in [-0.2, -0.15) is 6.42 Å². The Kier molecular flexibility index (Phi) is 50.4. The summed E-state index contributed by atoms with van der Waals surface area (Å²) in [6.45, 7) is 18.6. The molecule has 0 rings (SSSR count). The van der Waals surface area contributed by atoms with Gasteiger partial charge in [-0.1, -0.05) is 150 Å².